The number of hydrogen-bond acceptors (Lipinski definition) is 5. The smallest absolute Gasteiger partial charge is 0.375 e. The average molecular weight is 560 g/mol. The van der Waals surface area contributed by atoms with Crippen molar-refractivity contribution in [1.29, 1.82) is 0 Å². The highest BCUT2D eigenvalue weighted by Gasteiger charge is 2.46. The lowest BCUT2D eigenvalue weighted by Crippen LogP contribution is -2.48. The van der Waals surface area contributed by atoms with Gasteiger partial charge in [-0.15, -0.1) is 0 Å². The van der Waals surface area contributed by atoms with Crippen LogP contribution >= 0.6 is 0 Å². The molecule has 2 amide bonds. The molecular weight excluding hydrogens is 523 g/mol. The lowest BCUT2D eigenvalue weighted by molar-refractivity contribution is -0.137. The van der Waals surface area contributed by atoms with Crippen LogP contribution in [0.15, 0.2) is 48.5 Å². The molecule has 216 valence electrons. The monoisotopic (exact) mass is 559 g/mol. The number of rotatable bonds is 8. The van der Waals surface area contributed by atoms with Gasteiger partial charge in [-0.2, -0.15) is 13.2 Å². The summed E-state index contributed by atoms with van der Waals surface area (Å²) >= 11 is 0. The molecule has 1 saturated heterocycles. The molecule has 0 radical (unpaired) electrons. The summed E-state index contributed by atoms with van der Waals surface area (Å²) in [6, 6.07) is 12.7. The van der Waals surface area contributed by atoms with Gasteiger partial charge in [0.1, 0.15) is 0 Å². The lowest BCUT2D eigenvalue weighted by Gasteiger charge is -2.40. The molecule has 7 nitrogen and oxygen atoms in total. The van der Waals surface area contributed by atoms with Crippen LogP contribution in [0, 0.1) is 0 Å². The molecule has 10 heteroatoms. The van der Waals surface area contributed by atoms with Gasteiger partial charge < -0.3 is 20.1 Å². The number of halogens is 3. The van der Waals surface area contributed by atoms with Crippen LogP contribution in [-0.4, -0.2) is 61.1 Å². The van der Waals surface area contributed by atoms with E-state index in [0.29, 0.717) is 32.3 Å². The number of carbonyl (C=O) groups is 2. The SMILES string of the molecule is CCCOC1CN(C2CCC3(CC2)OCc2ccccc23)C[C@@H]1NC(=O)CNC(=O)c1cccc(C(F)(F)F)c1. The molecule has 1 saturated carbocycles. The molecule has 2 heterocycles. The molecule has 40 heavy (non-hydrogen) atoms. The van der Waals surface area contributed by atoms with E-state index < -0.39 is 23.6 Å². The standard InChI is InChI=1S/C30H36F3N3O4/c1-2-14-39-26-18-36(23-10-12-29(13-11-23)24-9-4-3-6-21(24)19-40-29)17-25(26)35-27(37)16-34-28(38)20-7-5-8-22(15-20)30(31,32)33/h3-9,15,23,25-26H,2,10-14,16-19H2,1H3,(H,34,38)(H,35,37)/t23?,25-,26?,29?/m0/s1. The van der Waals surface area contributed by atoms with Crippen molar-refractivity contribution in [2.24, 2.45) is 0 Å². The van der Waals surface area contributed by atoms with Crippen LogP contribution in [0.3, 0.4) is 0 Å². The second kappa shape index (κ2) is 11.9. The number of nitrogens with zero attached hydrogens (tertiary/aromatic N) is 1. The van der Waals surface area contributed by atoms with E-state index in [1.807, 2.05) is 6.92 Å². The molecule has 0 bridgehead atoms. The predicted molar refractivity (Wildman–Crippen MR) is 142 cm³/mol. The Labute approximate surface area is 232 Å². The third-order valence-corrected chi connectivity index (χ3v) is 8.33. The Morgan fingerprint density at radius 1 is 1.10 bits per heavy atom. The zero-order chi connectivity index (χ0) is 28.3. The fraction of sp³-hybridized carbons (Fsp3) is 0.533. The van der Waals surface area contributed by atoms with Crippen LogP contribution in [0.4, 0.5) is 13.2 Å². The Hall–Kier alpha value is -2.95. The normalized spacial score (nSPS) is 26.6. The van der Waals surface area contributed by atoms with Gasteiger partial charge in [0.25, 0.3) is 5.91 Å². The molecule has 2 N–H and O–H groups in total. The van der Waals surface area contributed by atoms with Gasteiger partial charge in [0.2, 0.25) is 5.91 Å². The summed E-state index contributed by atoms with van der Waals surface area (Å²) < 4.78 is 51.4. The number of alkyl halides is 3. The largest absolute Gasteiger partial charge is 0.416 e. The second-order valence-electron chi connectivity index (χ2n) is 11.0. The van der Waals surface area contributed by atoms with Crippen LogP contribution in [0.1, 0.15) is 66.1 Å². The van der Waals surface area contributed by atoms with Crippen molar-refractivity contribution >= 4 is 11.8 Å². The predicted octanol–water partition coefficient (Wildman–Crippen LogP) is 4.40. The first-order valence-electron chi connectivity index (χ1n) is 14.0. The van der Waals surface area contributed by atoms with Crippen molar-refractivity contribution in [3.63, 3.8) is 0 Å². The number of carbonyl (C=O) groups excluding carboxylic acids is 2. The number of nitrogens with one attached hydrogen (secondary N) is 2. The number of hydrogen-bond donors (Lipinski definition) is 2. The first-order chi connectivity index (χ1) is 19.2. The van der Waals surface area contributed by atoms with Crippen LogP contribution in [-0.2, 0) is 32.7 Å². The molecule has 1 aliphatic carbocycles. The quantitative estimate of drug-likeness (QED) is 0.502. The molecule has 1 unspecified atom stereocenters. The molecule has 5 rings (SSSR count). The summed E-state index contributed by atoms with van der Waals surface area (Å²) in [6.07, 6.45) is -0.00217. The maximum Gasteiger partial charge on any atom is 0.416 e. The summed E-state index contributed by atoms with van der Waals surface area (Å²) in [4.78, 5) is 27.6. The highest BCUT2D eigenvalue weighted by atomic mass is 19.4. The van der Waals surface area contributed by atoms with Crippen LogP contribution in [0.2, 0.25) is 0 Å². The fourth-order valence-electron chi connectivity index (χ4n) is 6.27. The summed E-state index contributed by atoms with van der Waals surface area (Å²) in [5, 5.41) is 5.42. The van der Waals surface area contributed by atoms with E-state index in [0.717, 1.165) is 44.2 Å². The summed E-state index contributed by atoms with van der Waals surface area (Å²) in [7, 11) is 0. The maximum atomic E-state index is 13.0. The van der Waals surface area contributed by atoms with Gasteiger partial charge >= 0.3 is 6.18 Å². The Bertz CT molecular complexity index is 1210. The van der Waals surface area contributed by atoms with Crippen molar-refractivity contribution in [3.05, 3.63) is 70.8 Å². The topological polar surface area (TPSA) is 79.9 Å². The zero-order valence-electron chi connectivity index (χ0n) is 22.6. The summed E-state index contributed by atoms with van der Waals surface area (Å²) in [5.74, 6) is -1.14. The summed E-state index contributed by atoms with van der Waals surface area (Å²) in [6.45, 7) is 4.28. The van der Waals surface area contributed by atoms with E-state index in [1.165, 1.54) is 23.3 Å². The minimum atomic E-state index is -4.55. The van der Waals surface area contributed by atoms with Crippen molar-refractivity contribution < 1.29 is 32.2 Å². The fourth-order valence-corrected chi connectivity index (χ4v) is 6.27. The highest BCUT2D eigenvalue weighted by Crippen LogP contribution is 2.47. The number of amides is 2. The Morgan fingerprint density at radius 3 is 2.62 bits per heavy atom. The van der Waals surface area contributed by atoms with E-state index >= 15 is 0 Å². The van der Waals surface area contributed by atoms with E-state index in [2.05, 4.69) is 39.8 Å². The van der Waals surface area contributed by atoms with Crippen LogP contribution in [0.5, 0.6) is 0 Å². The molecule has 2 atom stereocenters. The van der Waals surface area contributed by atoms with Crippen molar-refractivity contribution in [2.45, 2.75) is 75.6 Å². The highest BCUT2D eigenvalue weighted by molar-refractivity contribution is 5.96. The third-order valence-electron chi connectivity index (χ3n) is 8.33. The van der Waals surface area contributed by atoms with Gasteiger partial charge in [0.05, 0.1) is 36.5 Å². The lowest BCUT2D eigenvalue weighted by atomic mass is 9.77. The van der Waals surface area contributed by atoms with Crippen molar-refractivity contribution in [2.75, 3.05) is 26.2 Å². The third kappa shape index (κ3) is 6.19. The molecule has 2 fully saturated rings. The van der Waals surface area contributed by atoms with Crippen LogP contribution < -0.4 is 10.6 Å². The zero-order valence-corrected chi connectivity index (χ0v) is 22.6. The maximum absolute atomic E-state index is 13.0. The van der Waals surface area contributed by atoms with E-state index in [4.69, 9.17) is 9.47 Å². The molecule has 0 aromatic heterocycles. The molecule has 3 aliphatic rings. The molecule has 1 spiro atoms. The number of fused-ring (bicyclic) bond motifs is 2. The van der Waals surface area contributed by atoms with E-state index in [1.54, 1.807) is 0 Å². The first-order valence-corrected chi connectivity index (χ1v) is 14.0. The van der Waals surface area contributed by atoms with Crippen LogP contribution in [0.25, 0.3) is 0 Å². The minimum Gasteiger partial charge on any atom is -0.375 e. The Kier molecular flexibility index (Phi) is 8.49. The summed E-state index contributed by atoms with van der Waals surface area (Å²) in [5.41, 5.74) is 1.33. The molecule has 2 aliphatic heterocycles. The Morgan fingerprint density at radius 2 is 1.88 bits per heavy atom. The van der Waals surface area contributed by atoms with Gasteiger partial charge in [-0.3, -0.25) is 14.5 Å². The number of benzene rings is 2. The van der Waals surface area contributed by atoms with E-state index in [-0.39, 0.29) is 29.9 Å². The average Bonchev–Trinajstić information content (AvgIpc) is 3.52. The minimum absolute atomic E-state index is 0.150. The van der Waals surface area contributed by atoms with E-state index in [9.17, 15) is 22.8 Å². The molecule has 2 aromatic carbocycles. The number of ether oxygens (including phenoxy) is 2. The van der Waals surface area contributed by atoms with Crippen molar-refractivity contribution in [3.8, 4) is 0 Å². The molecule has 2 aromatic rings. The van der Waals surface area contributed by atoms with Gasteiger partial charge in [0, 0.05) is 31.3 Å². The van der Waals surface area contributed by atoms with Gasteiger partial charge in [-0.05, 0) is 61.4 Å². The Balaban J connectivity index is 1.15. The number of likely N-dealkylation sites (tertiary alicyclic amines) is 1. The van der Waals surface area contributed by atoms with Gasteiger partial charge in [0.15, 0.2) is 0 Å². The second-order valence-corrected chi connectivity index (χ2v) is 11.0. The van der Waals surface area contributed by atoms with Crippen molar-refractivity contribution in [1.82, 2.24) is 15.5 Å². The molecular formula is C30H36F3N3O4. The van der Waals surface area contributed by atoms with Gasteiger partial charge in [-0.1, -0.05) is 37.3 Å². The first kappa shape index (κ1) is 28.6. The van der Waals surface area contributed by atoms with Gasteiger partial charge in [-0.25, -0.2) is 0 Å².